The zero-order chi connectivity index (χ0) is 10.4. The quantitative estimate of drug-likeness (QED) is 0.705. The maximum atomic E-state index is 5.44. The number of unbranched alkanes of at least 4 members (excludes halogenated alkanes) is 1. The van der Waals surface area contributed by atoms with E-state index in [1.54, 1.807) is 6.26 Å². The predicted octanol–water partition coefficient (Wildman–Crippen LogP) is 1.76. The second-order valence-corrected chi connectivity index (χ2v) is 3.74. The molecule has 1 heterocycles. The fourth-order valence-corrected chi connectivity index (χ4v) is 1.47. The highest BCUT2D eigenvalue weighted by Gasteiger charge is 2.04. The second kappa shape index (κ2) is 5.83. The SMILES string of the molecule is Cc1occc1CN(C)CCCCN. The number of furan rings is 1. The van der Waals surface area contributed by atoms with Gasteiger partial charge in [-0.05, 0) is 46.0 Å². The molecule has 80 valence electrons. The van der Waals surface area contributed by atoms with E-state index >= 15 is 0 Å². The summed E-state index contributed by atoms with van der Waals surface area (Å²) >= 11 is 0. The molecule has 0 aliphatic rings. The van der Waals surface area contributed by atoms with Crippen LogP contribution in [0.25, 0.3) is 0 Å². The lowest BCUT2D eigenvalue weighted by Crippen LogP contribution is -2.19. The summed E-state index contributed by atoms with van der Waals surface area (Å²) in [5, 5.41) is 0. The fourth-order valence-electron chi connectivity index (χ4n) is 1.47. The molecule has 0 aliphatic carbocycles. The van der Waals surface area contributed by atoms with Crippen LogP contribution in [-0.4, -0.2) is 25.0 Å². The maximum Gasteiger partial charge on any atom is 0.105 e. The van der Waals surface area contributed by atoms with E-state index in [2.05, 4.69) is 11.9 Å². The molecule has 0 bridgehead atoms. The van der Waals surface area contributed by atoms with Crippen molar-refractivity contribution >= 4 is 0 Å². The number of nitrogens with zero attached hydrogens (tertiary/aromatic N) is 1. The summed E-state index contributed by atoms with van der Waals surface area (Å²) in [7, 11) is 2.13. The Morgan fingerprint density at radius 2 is 2.21 bits per heavy atom. The lowest BCUT2D eigenvalue weighted by atomic mass is 10.2. The molecule has 2 N–H and O–H groups in total. The minimum atomic E-state index is 0.790. The van der Waals surface area contributed by atoms with Crippen molar-refractivity contribution in [3.63, 3.8) is 0 Å². The van der Waals surface area contributed by atoms with Crippen LogP contribution >= 0.6 is 0 Å². The normalized spacial score (nSPS) is 11.1. The molecule has 3 nitrogen and oxygen atoms in total. The third kappa shape index (κ3) is 3.52. The molecule has 3 heteroatoms. The van der Waals surface area contributed by atoms with Gasteiger partial charge in [0.25, 0.3) is 0 Å². The Balaban J connectivity index is 2.27. The molecule has 0 saturated heterocycles. The van der Waals surface area contributed by atoms with Crippen LogP contribution in [0.4, 0.5) is 0 Å². The summed E-state index contributed by atoms with van der Waals surface area (Å²) in [6.45, 7) is 4.86. The summed E-state index contributed by atoms with van der Waals surface area (Å²) in [5.74, 6) is 1.02. The first-order valence-corrected chi connectivity index (χ1v) is 5.15. The van der Waals surface area contributed by atoms with Crippen molar-refractivity contribution in [2.75, 3.05) is 20.1 Å². The van der Waals surface area contributed by atoms with Crippen molar-refractivity contribution in [2.45, 2.75) is 26.3 Å². The van der Waals surface area contributed by atoms with Crippen LogP contribution in [0.1, 0.15) is 24.2 Å². The van der Waals surface area contributed by atoms with Gasteiger partial charge in [0.15, 0.2) is 0 Å². The highest BCUT2D eigenvalue weighted by atomic mass is 16.3. The molecular formula is C11H20N2O. The Morgan fingerprint density at radius 1 is 1.43 bits per heavy atom. The van der Waals surface area contributed by atoms with Gasteiger partial charge in [-0.25, -0.2) is 0 Å². The monoisotopic (exact) mass is 196 g/mol. The predicted molar refractivity (Wildman–Crippen MR) is 58.1 cm³/mol. The zero-order valence-electron chi connectivity index (χ0n) is 9.12. The van der Waals surface area contributed by atoms with Gasteiger partial charge in [-0.1, -0.05) is 0 Å². The summed E-state index contributed by atoms with van der Waals surface area (Å²) in [6, 6.07) is 2.04. The van der Waals surface area contributed by atoms with Crippen LogP contribution in [-0.2, 0) is 6.54 Å². The van der Waals surface area contributed by atoms with Gasteiger partial charge in [-0.3, -0.25) is 0 Å². The Bertz CT molecular complexity index is 258. The van der Waals surface area contributed by atoms with Gasteiger partial charge in [0.05, 0.1) is 6.26 Å². The van der Waals surface area contributed by atoms with Crippen LogP contribution in [0.3, 0.4) is 0 Å². The first-order chi connectivity index (χ1) is 6.74. The number of aryl methyl sites for hydroxylation is 1. The van der Waals surface area contributed by atoms with Crippen molar-refractivity contribution in [1.29, 1.82) is 0 Å². The molecule has 1 aromatic rings. The van der Waals surface area contributed by atoms with Crippen molar-refractivity contribution in [3.8, 4) is 0 Å². The lowest BCUT2D eigenvalue weighted by molar-refractivity contribution is 0.317. The van der Waals surface area contributed by atoms with E-state index in [9.17, 15) is 0 Å². The molecule has 0 aliphatic heterocycles. The van der Waals surface area contributed by atoms with E-state index in [0.717, 1.165) is 31.8 Å². The molecular weight excluding hydrogens is 176 g/mol. The minimum Gasteiger partial charge on any atom is -0.469 e. The Hall–Kier alpha value is -0.800. The van der Waals surface area contributed by atoms with Crippen molar-refractivity contribution in [2.24, 2.45) is 5.73 Å². The molecule has 0 amide bonds. The Labute approximate surface area is 85.9 Å². The molecule has 0 unspecified atom stereocenters. The third-order valence-corrected chi connectivity index (χ3v) is 2.40. The number of rotatable bonds is 6. The highest BCUT2D eigenvalue weighted by Crippen LogP contribution is 2.11. The molecule has 0 fully saturated rings. The van der Waals surface area contributed by atoms with Gasteiger partial charge in [-0.2, -0.15) is 0 Å². The first-order valence-electron chi connectivity index (χ1n) is 5.15. The first kappa shape index (κ1) is 11.3. The molecule has 14 heavy (non-hydrogen) atoms. The molecule has 1 rings (SSSR count). The van der Waals surface area contributed by atoms with E-state index in [-0.39, 0.29) is 0 Å². The standard InChI is InChI=1S/C11H20N2O/c1-10-11(5-8-14-10)9-13(2)7-4-3-6-12/h5,8H,3-4,6-7,9,12H2,1-2H3. The van der Waals surface area contributed by atoms with Crippen molar-refractivity contribution < 1.29 is 4.42 Å². The molecule has 0 atom stereocenters. The summed E-state index contributed by atoms with van der Waals surface area (Å²) in [4.78, 5) is 2.30. The van der Waals surface area contributed by atoms with Gasteiger partial charge in [0.2, 0.25) is 0 Å². The van der Waals surface area contributed by atoms with Crippen LogP contribution < -0.4 is 5.73 Å². The molecule has 0 radical (unpaired) electrons. The summed E-state index contributed by atoms with van der Waals surface area (Å²) in [5.41, 5.74) is 6.72. The van der Waals surface area contributed by atoms with Crippen molar-refractivity contribution in [1.82, 2.24) is 4.90 Å². The van der Waals surface area contributed by atoms with Gasteiger partial charge < -0.3 is 15.1 Å². The number of hydrogen-bond acceptors (Lipinski definition) is 3. The smallest absolute Gasteiger partial charge is 0.105 e. The average molecular weight is 196 g/mol. The highest BCUT2D eigenvalue weighted by molar-refractivity contribution is 5.14. The summed E-state index contributed by atoms with van der Waals surface area (Å²) < 4.78 is 5.24. The van der Waals surface area contributed by atoms with E-state index in [0.29, 0.717) is 0 Å². The van der Waals surface area contributed by atoms with Gasteiger partial charge in [0, 0.05) is 12.1 Å². The Kier molecular flexibility index (Phi) is 4.70. The van der Waals surface area contributed by atoms with Gasteiger partial charge >= 0.3 is 0 Å². The van der Waals surface area contributed by atoms with E-state index < -0.39 is 0 Å². The lowest BCUT2D eigenvalue weighted by Gasteiger charge is -2.15. The largest absolute Gasteiger partial charge is 0.469 e. The molecule has 0 saturated carbocycles. The van der Waals surface area contributed by atoms with Gasteiger partial charge in [0.1, 0.15) is 5.76 Å². The van der Waals surface area contributed by atoms with Crippen LogP contribution in [0.5, 0.6) is 0 Å². The van der Waals surface area contributed by atoms with Gasteiger partial charge in [-0.15, -0.1) is 0 Å². The number of hydrogen-bond donors (Lipinski definition) is 1. The van der Waals surface area contributed by atoms with Crippen LogP contribution in [0.15, 0.2) is 16.7 Å². The Morgan fingerprint density at radius 3 is 2.79 bits per heavy atom. The zero-order valence-corrected chi connectivity index (χ0v) is 9.12. The average Bonchev–Trinajstić information content (AvgIpc) is 2.52. The van der Waals surface area contributed by atoms with E-state index in [4.69, 9.17) is 10.2 Å². The number of nitrogens with two attached hydrogens (primary N) is 1. The van der Waals surface area contributed by atoms with Crippen molar-refractivity contribution in [3.05, 3.63) is 23.7 Å². The minimum absolute atomic E-state index is 0.790. The van der Waals surface area contributed by atoms with Crippen LogP contribution in [0.2, 0.25) is 0 Å². The third-order valence-electron chi connectivity index (χ3n) is 2.40. The summed E-state index contributed by atoms with van der Waals surface area (Å²) in [6.07, 6.45) is 4.02. The second-order valence-electron chi connectivity index (χ2n) is 3.74. The fraction of sp³-hybridized carbons (Fsp3) is 0.636. The molecule has 0 spiro atoms. The topological polar surface area (TPSA) is 42.4 Å². The van der Waals surface area contributed by atoms with E-state index in [1.165, 1.54) is 12.0 Å². The van der Waals surface area contributed by atoms with Crippen LogP contribution in [0, 0.1) is 6.92 Å². The maximum absolute atomic E-state index is 5.44. The molecule has 0 aromatic carbocycles. The molecule has 1 aromatic heterocycles. The van der Waals surface area contributed by atoms with E-state index in [1.807, 2.05) is 13.0 Å².